The lowest BCUT2D eigenvalue weighted by molar-refractivity contribution is 1.30. The fourth-order valence-corrected chi connectivity index (χ4v) is 10.0. The van der Waals surface area contributed by atoms with E-state index in [1.54, 1.807) is 0 Å². The Labute approximate surface area is 248 Å². The molecule has 1 aliphatic rings. The normalized spacial score (nSPS) is 13.2. The lowest BCUT2D eigenvalue weighted by Gasteiger charge is -2.29. The van der Waals surface area contributed by atoms with Crippen molar-refractivity contribution in [3.05, 3.63) is 152 Å². The lowest BCUT2D eigenvalue weighted by Crippen LogP contribution is -2.49. The third-order valence-corrected chi connectivity index (χ3v) is 12.6. The zero-order valence-corrected chi connectivity index (χ0v) is 24.9. The van der Waals surface area contributed by atoms with E-state index in [9.17, 15) is 0 Å². The minimum absolute atomic E-state index is 1.16. The van der Waals surface area contributed by atoms with Gasteiger partial charge in [0.25, 0.3) is 0 Å². The SMILES string of the molecule is C[Si]1(C)c2ccccc2-c2ccc(N(c3ccc(-c4ccccc4)cc3)c3cc4ccccc4c4ccccc34)cc21. The number of hydrogen-bond acceptors (Lipinski definition) is 1. The van der Waals surface area contributed by atoms with Crippen molar-refractivity contribution in [3.8, 4) is 22.3 Å². The summed E-state index contributed by atoms with van der Waals surface area (Å²) in [6, 6.07) is 55.8. The molecule has 0 aromatic heterocycles. The van der Waals surface area contributed by atoms with Crippen molar-refractivity contribution < 1.29 is 0 Å². The molecular formula is C40H31NSi. The monoisotopic (exact) mass is 553 g/mol. The lowest BCUT2D eigenvalue weighted by atomic mass is 9.98. The molecule has 0 radical (unpaired) electrons. The molecule has 0 saturated heterocycles. The van der Waals surface area contributed by atoms with Gasteiger partial charge in [-0.15, -0.1) is 0 Å². The molecule has 1 heterocycles. The molecule has 1 aliphatic heterocycles. The van der Waals surface area contributed by atoms with Gasteiger partial charge in [0.1, 0.15) is 8.07 Å². The van der Waals surface area contributed by atoms with Crippen LogP contribution in [0.15, 0.2) is 152 Å². The fraction of sp³-hybridized carbons (Fsp3) is 0.0500. The van der Waals surface area contributed by atoms with E-state index in [-0.39, 0.29) is 0 Å². The van der Waals surface area contributed by atoms with E-state index in [0.29, 0.717) is 0 Å². The Morgan fingerprint density at radius 2 is 1.02 bits per heavy atom. The van der Waals surface area contributed by atoms with Crippen LogP contribution in [0.1, 0.15) is 0 Å². The standard InChI is InChI=1S/C40H31NSi/c1-42(2)39-19-11-10-18-36(39)37-25-24-32(27-40(37)42)41(31-22-20-29(21-23-31)28-12-4-3-5-13-28)38-26-30-14-6-7-15-33(30)34-16-8-9-17-35(34)38/h3-27H,1-2H3. The van der Waals surface area contributed by atoms with Crippen LogP contribution in [0.3, 0.4) is 0 Å². The number of hydrogen-bond donors (Lipinski definition) is 0. The maximum atomic E-state index is 2.49. The van der Waals surface area contributed by atoms with Crippen molar-refractivity contribution in [2.45, 2.75) is 13.1 Å². The molecule has 1 nitrogen and oxygen atoms in total. The zero-order valence-electron chi connectivity index (χ0n) is 23.9. The Morgan fingerprint density at radius 3 is 1.83 bits per heavy atom. The Morgan fingerprint density at radius 1 is 0.429 bits per heavy atom. The van der Waals surface area contributed by atoms with Gasteiger partial charge in [-0.3, -0.25) is 0 Å². The minimum Gasteiger partial charge on any atom is -0.310 e. The molecule has 0 spiro atoms. The summed E-state index contributed by atoms with van der Waals surface area (Å²) in [5, 5.41) is 8.11. The summed E-state index contributed by atoms with van der Waals surface area (Å²) in [5.41, 5.74) is 8.82. The number of rotatable bonds is 4. The van der Waals surface area contributed by atoms with Crippen LogP contribution < -0.4 is 15.3 Å². The minimum atomic E-state index is -1.84. The van der Waals surface area contributed by atoms with Crippen LogP contribution in [-0.4, -0.2) is 8.07 Å². The summed E-state index contributed by atoms with van der Waals surface area (Å²) in [4.78, 5) is 2.47. The number of nitrogens with zero attached hydrogens (tertiary/aromatic N) is 1. The van der Waals surface area contributed by atoms with Crippen molar-refractivity contribution >= 4 is 57.1 Å². The maximum absolute atomic E-state index is 2.49. The van der Waals surface area contributed by atoms with E-state index in [2.05, 4.69) is 170 Å². The highest BCUT2D eigenvalue weighted by Gasteiger charge is 2.37. The average Bonchev–Trinajstić information content (AvgIpc) is 3.28. The molecule has 42 heavy (non-hydrogen) atoms. The van der Waals surface area contributed by atoms with Crippen LogP contribution in [0.4, 0.5) is 17.1 Å². The first-order chi connectivity index (χ1) is 20.6. The first-order valence-electron chi connectivity index (χ1n) is 14.7. The van der Waals surface area contributed by atoms with Gasteiger partial charge in [-0.1, -0.05) is 134 Å². The van der Waals surface area contributed by atoms with Gasteiger partial charge >= 0.3 is 0 Å². The molecular weight excluding hydrogens is 523 g/mol. The van der Waals surface area contributed by atoms with E-state index in [0.717, 1.165) is 5.69 Å². The Hall–Kier alpha value is -4.92. The summed E-state index contributed by atoms with van der Waals surface area (Å²) in [6.45, 7) is 4.98. The Balaban J connectivity index is 1.37. The summed E-state index contributed by atoms with van der Waals surface area (Å²) in [6.07, 6.45) is 0. The van der Waals surface area contributed by atoms with E-state index in [4.69, 9.17) is 0 Å². The molecule has 0 N–H and O–H groups in total. The van der Waals surface area contributed by atoms with Gasteiger partial charge < -0.3 is 4.90 Å². The number of benzene rings is 7. The Bertz CT molecular complexity index is 2110. The van der Waals surface area contributed by atoms with Crippen LogP contribution in [0.2, 0.25) is 13.1 Å². The molecule has 0 saturated carbocycles. The molecule has 7 aromatic carbocycles. The molecule has 0 bridgehead atoms. The molecule has 2 heteroatoms. The highest BCUT2D eigenvalue weighted by Crippen LogP contribution is 2.43. The highest BCUT2D eigenvalue weighted by molar-refractivity contribution is 7.03. The second-order valence-electron chi connectivity index (χ2n) is 11.8. The van der Waals surface area contributed by atoms with Crippen molar-refractivity contribution in [2.75, 3.05) is 4.90 Å². The van der Waals surface area contributed by atoms with E-state index in [1.807, 2.05) is 0 Å². The van der Waals surface area contributed by atoms with Crippen molar-refractivity contribution in [2.24, 2.45) is 0 Å². The zero-order chi connectivity index (χ0) is 28.3. The number of fused-ring (bicyclic) bond motifs is 6. The van der Waals surface area contributed by atoms with Gasteiger partial charge in [0.15, 0.2) is 0 Å². The van der Waals surface area contributed by atoms with Crippen molar-refractivity contribution in [1.82, 2.24) is 0 Å². The van der Waals surface area contributed by atoms with Crippen LogP contribution in [-0.2, 0) is 0 Å². The molecule has 200 valence electrons. The van der Waals surface area contributed by atoms with Gasteiger partial charge in [0.2, 0.25) is 0 Å². The van der Waals surface area contributed by atoms with Crippen LogP contribution in [0.5, 0.6) is 0 Å². The highest BCUT2D eigenvalue weighted by atomic mass is 28.3. The van der Waals surface area contributed by atoms with Gasteiger partial charge in [-0.2, -0.15) is 0 Å². The van der Waals surface area contributed by atoms with Gasteiger partial charge in [-0.25, -0.2) is 0 Å². The quantitative estimate of drug-likeness (QED) is 0.155. The van der Waals surface area contributed by atoms with E-state index in [1.165, 1.54) is 65.5 Å². The van der Waals surface area contributed by atoms with Gasteiger partial charge in [-0.05, 0) is 79.1 Å². The summed E-state index contributed by atoms with van der Waals surface area (Å²) in [7, 11) is -1.84. The fourth-order valence-electron chi connectivity index (χ4n) is 6.91. The van der Waals surface area contributed by atoms with Crippen LogP contribution in [0.25, 0.3) is 43.8 Å². The molecule has 7 aromatic rings. The van der Waals surface area contributed by atoms with Gasteiger partial charge in [0, 0.05) is 16.8 Å². The predicted octanol–water partition coefficient (Wildman–Crippen LogP) is 9.93. The first kappa shape index (κ1) is 24.8. The largest absolute Gasteiger partial charge is 0.310 e. The topological polar surface area (TPSA) is 3.24 Å². The smallest absolute Gasteiger partial charge is 0.113 e. The average molecular weight is 554 g/mol. The molecule has 0 aliphatic carbocycles. The van der Waals surface area contributed by atoms with E-state index >= 15 is 0 Å². The second kappa shape index (κ2) is 9.58. The summed E-state index contributed by atoms with van der Waals surface area (Å²) < 4.78 is 0. The third-order valence-electron chi connectivity index (χ3n) is 9.05. The maximum Gasteiger partial charge on any atom is 0.113 e. The predicted molar refractivity (Wildman–Crippen MR) is 184 cm³/mol. The van der Waals surface area contributed by atoms with Crippen LogP contribution >= 0.6 is 0 Å². The Kier molecular flexibility index (Phi) is 5.66. The molecule has 8 rings (SSSR count). The van der Waals surface area contributed by atoms with Crippen molar-refractivity contribution in [3.63, 3.8) is 0 Å². The molecule has 0 atom stereocenters. The van der Waals surface area contributed by atoms with E-state index < -0.39 is 8.07 Å². The molecule has 0 amide bonds. The number of anilines is 3. The second-order valence-corrected chi connectivity index (χ2v) is 16.1. The molecule has 0 fully saturated rings. The molecule has 0 unspecified atom stereocenters. The van der Waals surface area contributed by atoms with Crippen LogP contribution in [0, 0.1) is 0 Å². The van der Waals surface area contributed by atoms with Gasteiger partial charge in [0.05, 0.1) is 5.69 Å². The van der Waals surface area contributed by atoms with Crippen molar-refractivity contribution in [1.29, 1.82) is 0 Å². The summed E-state index contributed by atoms with van der Waals surface area (Å²) >= 11 is 0. The first-order valence-corrected chi connectivity index (χ1v) is 17.7. The third kappa shape index (κ3) is 3.83. The summed E-state index contributed by atoms with van der Waals surface area (Å²) in [5.74, 6) is 0.